The molecule has 1 aromatic rings. The monoisotopic (exact) mass is 161 g/mol. The van der Waals surface area contributed by atoms with Gasteiger partial charge in [0, 0.05) is 0 Å². The summed E-state index contributed by atoms with van der Waals surface area (Å²) < 4.78 is 5.10. The lowest BCUT2D eigenvalue weighted by Crippen LogP contribution is -2.03. The summed E-state index contributed by atoms with van der Waals surface area (Å²) in [5.74, 6) is 0.618. The standard InChI is InChI=1S/C10H11NO/c11-10-9(6-7-12-10)8-4-2-1-3-5-8/h1-5,9,11H,6-7H2. The van der Waals surface area contributed by atoms with E-state index in [2.05, 4.69) is 0 Å². The predicted molar refractivity (Wildman–Crippen MR) is 47.5 cm³/mol. The Morgan fingerprint density at radius 2 is 2.00 bits per heavy atom. The van der Waals surface area contributed by atoms with Crippen molar-refractivity contribution in [2.75, 3.05) is 6.61 Å². The van der Waals surface area contributed by atoms with Crippen LogP contribution in [0.4, 0.5) is 0 Å². The molecule has 0 saturated carbocycles. The molecule has 1 aromatic carbocycles. The highest BCUT2D eigenvalue weighted by Crippen LogP contribution is 2.25. The lowest BCUT2D eigenvalue weighted by Gasteiger charge is -2.06. The van der Waals surface area contributed by atoms with Crippen molar-refractivity contribution in [3.63, 3.8) is 0 Å². The highest BCUT2D eigenvalue weighted by atomic mass is 16.5. The number of hydrogen-bond donors (Lipinski definition) is 1. The molecule has 1 aliphatic heterocycles. The van der Waals surface area contributed by atoms with E-state index in [1.54, 1.807) is 0 Å². The Balaban J connectivity index is 2.25. The van der Waals surface area contributed by atoms with E-state index in [4.69, 9.17) is 10.1 Å². The van der Waals surface area contributed by atoms with Crippen LogP contribution in [-0.2, 0) is 4.74 Å². The first kappa shape index (κ1) is 7.35. The minimum absolute atomic E-state index is 0.200. The van der Waals surface area contributed by atoms with Crippen LogP contribution in [0.3, 0.4) is 0 Å². The minimum Gasteiger partial charge on any atom is -0.481 e. The van der Waals surface area contributed by atoms with Crippen LogP contribution < -0.4 is 0 Å². The van der Waals surface area contributed by atoms with E-state index in [1.807, 2.05) is 30.3 Å². The summed E-state index contributed by atoms with van der Waals surface area (Å²) in [7, 11) is 0. The molecule has 12 heavy (non-hydrogen) atoms. The quantitative estimate of drug-likeness (QED) is 0.672. The second-order valence-corrected chi connectivity index (χ2v) is 2.96. The Morgan fingerprint density at radius 1 is 1.25 bits per heavy atom. The molecule has 0 radical (unpaired) electrons. The van der Waals surface area contributed by atoms with E-state index in [0.29, 0.717) is 12.5 Å². The molecule has 0 spiro atoms. The number of nitrogens with one attached hydrogen (secondary N) is 1. The normalized spacial score (nSPS) is 22.3. The number of benzene rings is 1. The Bertz CT molecular complexity index is 281. The molecule has 1 N–H and O–H groups in total. The van der Waals surface area contributed by atoms with Gasteiger partial charge in [-0.1, -0.05) is 30.3 Å². The van der Waals surface area contributed by atoms with Gasteiger partial charge in [0.1, 0.15) is 0 Å². The van der Waals surface area contributed by atoms with Gasteiger partial charge in [-0.05, 0) is 12.0 Å². The molecule has 1 saturated heterocycles. The van der Waals surface area contributed by atoms with E-state index >= 15 is 0 Å². The second-order valence-electron chi connectivity index (χ2n) is 2.96. The van der Waals surface area contributed by atoms with Gasteiger partial charge in [-0.25, -0.2) is 0 Å². The van der Waals surface area contributed by atoms with Gasteiger partial charge in [0.15, 0.2) is 5.90 Å². The minimum atomic E-state index is 0.200. The van der Waals surface area contributed by atoms with E-state index in [9.17, 15) is 0 Å². The lowest BCUT2D eigenvalue weighted by molar-refractivity contribution is 0.341. The van der Waals surface area contributed by atoms with Crippen LogP contribution in [-0.4, -0.2) is 12.5 Å². The van der Waals surface area contributed by atoms with Crippen LogP contribution in [0.25, 0.3) is 0 Å². The van der Waals surface area contributed by atoms with Gasteiger partial charge in [-0.15, -0.1) is 0 Å². The van der Waals surface area contributed by atoms with E-state index < -0.39 is 0 Å². The molecule has 2 heteroatoms. The van der Waals surface area contributed by atoms with Crippen LogP contribution in [0.1, 0.15) is 17.9 Å². The number of hydrogen-bond acceptors (Lipinski definition) is 2. The van der Waals surface area contributed by atoms with Crippen LogP contribution in [0.5, 0.6) is 0 Å². The molecule has 1 aliphatic rings. The lowest BCUT2D eigenvalue weighted by atomic mass is 9.98. The van der Waals surface area contributed by atoms with Gasteiger partial charge in [0.05, 0.1) is 12.5 Å². The van der Waals surface area contributed by atoms with Crippen molar-refractivity contribution in [1.29, 1.82) is 5.41 Å². The smallest absolute Gasteiger partial charge is 0.188 e. The Labute approximate surface area is 71.7 Å². The first-order chi connectivity index (χ1) is 5.88. The molecule has 0 aliphatic carbocycles. The fourth-order valence-electron chi connectivity index (χ4n) is 1.52. The van der Waals surface area contributed by atoms with Crippen molar-refractivity contribution in [2.45, 2.75) is 12.3 Å². The van der Waals surface area contributed by atoms with Gasteiger partial charge >= 0.3 is 0 Å². The third-order valence-electron chi connectivity index (χ3n) is 2.18. The van der Waals surface area contributed by atoms with Crippen LogP contribution in [0, 0.1) is 5.41 Å². The zero-order chi connectivity index (χ0) is 8.39. The fraction of sp³-hybridized carbons (Fsp3) is 0.300. The van der Waals surface area contributed by atoms with Crippen molar-refractivity contribution < 1.29 is 4.74 Å². The van der Waals surface area contributed by atoms with Gasteiger partial charge < -0.3 is 4.74 Å². The van der Waals surface area contributed by atoms with Gasteiger partial charge in [-0.3, -0.25) is 5.41 Å². The summed E-state index contributed by atoms with van der Waals surface area (Å²) in [6.07, 6.45) is 0.947. The van der Waals surface area contributed by atoms with Crippen LogP contribution in [0.15, 0.2) is 30.3 Å². The number of rotatable bonds is 1. The average molecular weight is 161 g/mol. The zero-order valence-corrected chi connectivity index (χ0v) is 6.79. The molecule has 2 nitrogen and oxygen atoms in total. The molecule has 1 heterocycles. The topological polar surface area (TPSA) is 33.1 Å². The van der Waals surface area contributed by atoms with Crippen LogP contribution in [0.2, 0.25) is 0 Å². The van der Waals surface area contributed by atoms with E-state index in [-0.39, 0.29) is 5.92 Å². The third kappa shape index (κ3) is 1.20. The SMILES string of the molecule is N=C1OCCC1c1ccccc1. The molecule has 1 unspecified atom stereocenters. The summed E-state index contributed by atoms with van der Waals surface area (Å²) >= 11 is 0. The highest BCUT2D eigenvalue weighted by Gasteiger charge is 2.23. The predicted octanol–water partition coefficient (Wildman–Crippen LogP) is 2.17. The summed E-state index contributed by atoms with van der Waals surface area (Å²) in [5.41, 5.74) is 1.19. The Hall–Kier alpha value is -1.31. The Morgan fingerprint density at radius 3 is 2.58 bits per heavy atom. The Kier molecular flexibility index (Phi) is 1.82. The van der Waals surface area contributed by atoms with Crippen molar-refractivity contribution >= 4 is 5.90 Å². The second kappa shape index (κ2) is 2.97. The molecule has 2 rings (SSSR count). The molecule has 62 valence electrons. The molecule has 0 amide bonds. The summed E-state index contributed by atoms with van der Waals surface area (Å²) in [6.45, 7) is 0.693. The largest absolute Gasteiger partial charge is 0.481 e. The summed E-state index contributed by atoms with van der Waals surface area (Å²) in [5, 5.41) is 7.52. The molecular formula is C10H11NO. The maximum absolute atomic E-state index is 7.52. The molecular weight excluding hydrogens is 150 g/mol. The zero-order valence-electron chi connectivity index (χ0n) is 6.79. The van der Waals surface area contributed by atoms with E-state index in [1.165, 1.54) is 5.56 Å². The highest BCUT2D eigenvalue weighted by molar-refractivity contribution is 5.82. The van der Waals surface area contributed by atoms with Crippen molar-refractivity contribution in [2.24, 2.45) is 0 Å². The first-order valence-electron chi connectivity index (χ1n) is 4.14. The van der Waals surface area contributed by atoms with Crippen molar-refractivity contribution in [3.8, 4) is 0 Å². The fourth-order valence-corrected chi connectivity index (χ4v) is 1.52. The third-order valence-corrected chi connectivity index (χ3v) is 2.18. The van der Waals surface area contributed by atoms with Gasteiger partial charge in [-0.2, -0.15) is 0 Å². The van der Waals surface area contributed by atoms with Crippen molar-refractivity contribution in [1.82, 2.24) is 0 Å². The average Bonchev–Trinajstić information content (AvgIpc) is 2.53. The van der Waals surface area contributed by atoms with Crippen molar-refractivity contribution in [3.05, 3.63) is 35.9 Å². The van der Waals surface area contributed by atoms with Gasteiger partial charge in [0.25, 0.3) is 0 Å². The van der Waals surface area contributed by atoms with E-state index in [0.717, 1.165) is 6.42 Å². The first-order valence-corrected chi connectivity index (χ1v) is 4.14. The summed E-state index contributed by atoms with van der Waals surface area (Å²) in [6, 6.07) is 10.1. The molecule has 0 aromatic heterocycles. The number of ether oxygens (including phenoxy) is 1. The maximum Gasteiger partial charge on any atom is 0.188 e. The van der Waals surface area contributed by atoms with Crippen LogP contribution >= 0.6 is 0 Å². The molecule has 1 atom stereocenters. The maximum atomic E-state index is 7.52. The van der Waals surface area contributed by atoms with Gasteiger partial charge in [0.2, 0.25) is 0 Å². The molecule has 0 bridgehead atoms. The summed E-state index contributed by atoms with van der Waals surface area (Å²) in [4.78, 5) is 0. The molecule has 1 fully saturated rings.